The lowest BCUT2D eigenvalue weighted by atomic mass is 9.96. The minimum absolute atomic E-state index is 0.0169. The maximum absolute atomic E-state index is 13.0. The smallest absolute Gasteiger partial charge is 0.416 e. The Hall–Kier alpha value is -3.09. The van der Waals surface area contributed by atoms with Gasteiger partial charge in [-0.1, -0.05) is 6.07 Å². The number of nitrogens with zero attached hydrogens (tertiary/aromatic N) is 3. The van der Waals surface area contributed by atoms with Crippen molar-refractivity contribution in [2.75, 3.05) is 19.7 Å². The SMILES string of the molecule is Cc1c(OC[C@@H](O)CC#N)ccc([C@H](C)N2C[C@@H]3C[C@H]2CN3C(=O)c2ccc(C(F)(F)F)cc2)c1C. The van der Waals surface area contributed by atoms with Gasteiger partial charge in [-0.3, -0.25) is 9.69 Å². The van der Waals surface area contributed by atoms with Crippen LogP contribution >= 0.6 is 0 Å². The molecule has 0 saturated carbocycles. The third kappa shape index (κ3) is 5.06. The first-order valence-electron chi connectivity index (χ1n) is 12.0. The van der Waals surface area contributed by atoms with E-state index in [1.165, 1.54) is 12.1 Å². The van der Waals surface area contributed by atoms with E-state index in [0.717, 1.165) is 35.2 Å². The molecule has 0 aliphatic carbocycles. The molecule has 0 unspecified atom stereocenters. The van der Waals surface area contributed by atoms with E-state index in [1.54, 1.807) is 4.90 Å². The second kappa shape index (κ2) is 10.1. The number of hydrogen-bond acceptors (Lipinski definition) is 5. The third-order valence-electron chi connectivity index (χ3n) is 7.49. The molecule has 36 heavy (non-hydrogen) atoms. The number of alkyl halides is 3. The molecular weight excluding hydrogens is 471 g/mol. The number of nitriles is 1. The van der Waals surface area contributed by atoms with Gasteiger partial charge < -0.3 is 14.7 Å². The zero-order chi connectivity index (χ0) is 26.2. The summed E-state index contributed by atoms with van der Waals surface area (Å²) in [5.41, 5.74) is 2.74. The predicted molar refractivity (Wildman–Crippen MR) is 127 cm³/mol. The first kappa shape index (κ1) is 26.0. The van der Waals surface area contributed by atoms with Crippen molar-refractivity contribution >= 4 is 5.91 Å². The van der Waals surface area contributed by atoms with Crippen LogP contribution in [0.15, 0.2) is 36.4 Å². The van der Waals surface area contributed by atoms with Crippen molar-refractivity contribution in [1.29, 1.82) is 5.26 Å². The molecule has 2 aromatic carbocycles. The van der Waals surface area contributed by atoms with Gasteiger partial charge in [-0.15, -0.1) is 0 Å². The van der Waals surface area contributed by atoms with Gasteiger partial charge in [0.15, 0.2) is 0 Å². The highest BCUT2D eigenvalue weighted by Crippen LogP contribution is 2.40. The lowest BCUT2D eigenvalue weighted by Crippen LogP contribution is -2.49. The Morgan fingerprint density at radius 1 is 1.14 bits per heavy atom. The molecule has 2 aliphatic heterocycles. The normalized spacial score (nSPS) is 21.3. The van der Waals surface area contributed by atoms with Crippen LogP contribution in [0.2, 0.25) is 0 Å². The van der Waals surface area contributed by atoms with E-state index in [1.807, 2.05) is 32.0 Å². The summed E-state index contributed by atoms with van der Waals surface area (Å²) in [6.07, 6.45) is -4.40. The van der Waals surface area contributed by atoms with E-state index < -0.39 is 17.8 Å². The number of halogens is 3. The summed E-state index contributed by atoms with van der Waals surface area (Å²) in [6, 6.07) is 10.6. The minimum Gasteiger partial charge on any atom is -0.491 e. The van der Waals surface area contributed by atoms with E-state index in [0.29, 0.717) is 18.8 Å². The van der Waals surface area contributed by atoms with Gasteiger partial charge in [-0.25, -0.2) is 0 Å². The summed E-state index contributed by atoms with van der Waals surface area (Å²) in [4.78, 5) is 17.2. The maximum atomic E-state index is 13.0. The van der Waals surface area contributed by atoms with Crippen LogP contribution in [-0.2, 0) is 6.18 Å². The number of ether oxygens (including phenoxy) is 1. The predicted octanol–water partition coefficient (Wildman–Crippen LogP) is 4.64. The number of carbonyl (C=O) groups is 1. The first-order valence-corrected chi connectivity index (χ1v) is 12.0. The van der Waals surface area contributed by atoms with Crippen LogP contribution in [0.25, 0.3) is 0 Å². The number of hydrogen-bond donors (Lipinski definition) is 1. The molecule has 2 aromatic rings. The molecule has 2 fully saturated rings. The zero-order valence-electron chi connectivity index (χ0n) is 20.5. The number of benzene rings is 2. The van der Waals surface area contributed by atoms with E-state index in [2.05, 4.69) is 11.8 Å². The first-order chi connectivity index (χ1) is 17.0. The minimum atomic E-state index is -4.43. The van der Waals surface area contributed by atoms with E-state index in [4.69, 9.17) is 10.00 Å². The molecule has 1 N–H and O–H groups in total. The highest BCUT2D eigenvalue weighted by Gasteiger charge is 2.47. The number of aliphatic hydroxyl groups is 1. The Bertz CT molecular complexity index is 1160. The molecule has 0 spiro atoms. The van der Waals surface area contributed by atoms with Gasteiger partial charge in [0.2, 0.25) is 0 Å². The third-order valence-corrected chi connectivity index (χ3v) is 7.49. The summed E-state index contributed by atoms with van der Waals surface area (Å²) < 4.78 is 44.3. The number of aliphatic hydroxyl groups excluding tert-OH is 1. The second-order valence-corrected chi connectivity index (χ2v) is 9.68. The van der Waals surface area contributed by atoms with Crippen molar-refractivity contribution in [3.05, 3.63) is 64.2 Å². The van der Waals surface area contributed by atoms with Crippen molar-refractivity contribution < 1.29 is 27.8 Å². The highest BCUT2D eigenvalue weighted by atomic mass is 19.4. The second-order valence-electron chi connectivity index (χ2n) is 9.68. The summed E-state index contributed by atoms with van der Waals surface area (Å²) >= 11 is 0. The van der Waals surface area contributed by atoms with E-state index in [9.17, 15) is 23.1 Å². The monoisotopic (exact) mass is 501 g/mol. The van der Waals surface area contributed by atoms with Gasteiger partial charge in [0.25, 0.3) is 5.91 Å². The fourth-order valence-electron chi connectivity index (χ4n) is 5.34. The van der Waals surface area contributed by atoms with Crippen LogP contribution < -0.4 is 4.74 Å². The summed E-state index contributed by atoms with van der Waals surface area (Å²) in [6.45, 7) is 7.45. The molecule has 192 valence electrons. The molecular formula is C27H30F3N3O3. The topological polar surface area (TPSA) is 76.8 Å². The van der Waals surface area contributed by atoms with Crippen LogP contribution in [-0.4, -0.2) is 58.7 Å². The molecule has 0 radical (unpaired) electrons. The molecule has 2 saturated heterocycles. The largest absolute Gasteiger partial charge is 0.491 e. The number of amides is 1. The van der Waals surface area contributed by atoms with E-state index >= 15 is 0 Å². The lowest BCUT2D eigenvalue weighted by molar-refractivity contribution is -0.137. The van der Waals surface area contributed by atoms with Gasteiger partial charge in [0.05, 0.1) is 18.1 Å². The number of carbonyl (C=O) groups excluding carboxylic acids is 1. The van der Waals surface area contributed by atoms with Crippen molar-refractivity contribution in [3.8, 4) is 11.8 Å². The van der Waals surface area contributed by atoms with Crippen molar-refractivity contribution in [3.63, 3.8) is 0 Å². The molecule has 1 amide bonds. The molecule has 9 heteroatoms. The van der Waals surface area contributed by atoms with Crippen LogP contribution in [0.3, 0.4) is 0 Å². The Labute approximate surface area is 208 Å². The molecule has 6 nitrogen and oxygen atoms in total. The van der Waals surface area contributed by atoms with Crippen LogP contribution in [0.5, 0.6) is 5.75 Å². The fourth-order valence-corrected chi connectivity index (χ4v) is 5.34. The van der Waals surface area contributed by atoms with Gasteiger partial charge >= 0.3 is 6.18 Å². The van der Waals surface area contributed by atoms with E-state index in [-0.39, 0.29) is 42.6 Å². The number of likely N-dealkylation sites (tertiary alicyclic amines) is 2. The van der Waals surface area contributed by atoms with Crippen LogP contribution in [0.1, 0.15) is 58.4 Å². The number of fused-ring (bicyclic) bond motifs is 2. The van der Waals surface area contributed by atoms with Gasteiger partial charge in [-0.05, 0) is 74.2 Å². The summed E-state index contributed by atoms with van der Waals surface area (Å²) in [5, 5.41) is 18.5. The molecule has 2 bridgehead atoms. The average molecular weight is 502 g/mol. The van der Waals surface area contributed by atoms with Crippen LogP contribution in [0.4, 0.5) is 13.2 Å². The maximum Gasteiger partial charge on any atom is 0.416 e. The fraction of sp³-hybridized carbons (Fsp3) is 0.481. The lowest BCUT2D eigenvalue weighted by Gasteiger charge is -2.38. The Morgan fingerprint density at radius 3 is 2.42 bits per heavy atom. The highest BCUT2D eigenvalue weighted by molar-refractivity contribution is 5.94. The molecule has 4 atom stereocenters. The Kier molecular flexibility index (Phi) is 7.30. The number of piperazine rings is 1. The molecule has 2 heterocycles. The average Bonchev–Trinajstić information content (AvgIpc) is 3.45. The standard InChI is InChI=1S/C27H30F3N3O3/c1-16-17(2)25(36-15-23(34)10-11-31)9-8-24(16)18(3)32-13-22-12-21(32)14-33(22)26(35)19-4-6-20(7-5-19)27(28,29)30/h4-9,18,21-23,34H,10,12-15H2,1-3H3/t18-,21-,22-,23-/m0/s1. The van der Waals surface area contributed by atoms with Crippen molar-refractivity contribution in [2.45, 2.75) is 64.0 Å². The van der Waals surface area contributed by atoms with Crippen LogP contribution in [0, 0.1) is 25.2 Å². The number of rotatable bonds is 7. The van der Waals surface area contributed by atoms with Crippen molar-refractivity contribution in [2.24, 2.45) is 0 Å². The van der Waals surface area contributed by atoms with Crippen molar-refractivity contribution in [1.82, 2.24) is 9.80 Å². The summed E-state index contributed by atoms with van der Waals surface area (Å²) in [7, 11) is 0. The molecule has 2 aliphatic rings. The van der Waals surface area contributed by atoms with Gasteiger partial charge in [0, 0.05) is 36.8 Å². The van der Waals surface area contributed by atoms with Gasteiger partial charge in [-0.2, -0.15) is 18.4 Å². The van der Waals surface area contributed by atoms with Gasteiger partial charge in [0.1, 0.15) is 18.5 Å². The Morgan fingerprint density at radius 2 is 1.83 bits per heavy atom. The molecule has 4 rings (SSSR count). The zero-order valence-corrected chi connectivity index (χ0v) is 20.5. The molecule has 0 aromatic heterocycles. The summed E-state index contributed by atoms with van der Waals surface area (Å²) in [5.74, 6) is 0.451. The quantitative estimate of drug-likeness (QED) is 0.599. The Balaban J connectivity index is 1.41.